The number of ether oxygens (including phenoxy) is 2. The molecule has 4 aromatic carbocycles. The Bertz CT molecular complexity index is 1600. The van der Waals surface area contributed by atoms with Gasteiger partial charge < -0.3 is 19.5 Å². The predicted molar refractivity (Wildman–Crippen MR) is 157 cm³/mol. The summed E-state index contributed by atoms with van der Waals surface area (Å²) in [5.74, 6) is -0.0287. The second kappa shape index (κ2) is 11.3. The van der Waals surface area contributed by atoms with Crippen LogP contribution in [0.25, 0.3) is 5.76 Å². The zero-order valence-electron chi connectivity index (χ0n) is 22.8. The third kappa shape index (κ3) is 5.46. The number of benzene rings is 4. The molecule has 6 rings (SSSR count). The van der Waals surface area contributed by atoms with E-state index in [1.807, 2.05) is 104 Å². The molecule has 0 aliphatic carbocycles. The molecule has 41 heavy (non-hydrogen) atoms. The fraction of sp³-hybridized carbons (Fsp3) is 0.200. The van der Waals surface area contributed by atoms with Crippen molar-refractivity contribution >= 4 is 17.4 Å². The number of rotatable bonds is 8. The van der Waals surface area contributed by atoms with Gasteiger partial charge in [0.1, 0.15) is 30.0 Å². The lowest BCUT2D eigenvalue weighted by Crippen LogP contribution is -2.31. The van der Waals surface area contributed by atoms with E-state index in [1.54, 1.807) is 11.0 Å². The number of carbonyl (C=O) groups excluding carboxylic acids is 2. The van der Waals surface area contributed by atoms with Gasteiger partial charge in [0.2, 0.25) is 0 Å². The third-order valence-corrected chi connectivity index (χ3v) is 7.64. The summed E-state index contributed by atoms with van der Waals surface area (Å²) in [6.07, 6.45) is 1.35. The second-order valence-electron chi connectivity index (χ2n) is 10.5. The first-order valence-corrected chi connectivity index (χ1v) is 13.9. The van der Waals surface area contributed by atoms with Gasteiger partial charge in [-0.3, -0.25) is 9.59 Å². The van der Waals surface area contributed by atoms with E-state index in [0.29, 0.717) is 30.9 Å². The molecule has 6 heteroatoms. The lowest BCUT2D eigenvalue weighted by Gasteiger charge is -2.25. The molecule has 2 heterocycles. The Hall–Kier alpha value is -4.84. The highest BCUT2D eigenvalue weighted by Gasteiger charge is 2.46. The maximum atomic E-state index is 13.5. The maximum Gasteiger partial charge on any atom is 0.295 e. The molecule has 206 valence electrons. The molecule has 1 N–H and O–H groups in total. The molecule has 1 saturated heterocycles. The number of hydrogen-bond acceptors (Lipinski definition) is 5. The fourth-order valence-corrected chi connectivity index (χ4v) is 5.56. The Morgan fingerprint density at radius 2 is 1.59 bits per heavy atom. The van der Waals surface area contributed by atoms with Crippen LogP contribution in [0.4, 0.5) is 0 Å². The van der Waals surface area contributed by atoms with Crippen LogP contribution in [0, 0.1) is 0 Å². The van der Waals surface area contributed by atoms with Gasteiger partial charge in [-0.2, -0.15) is 0 Å². The molecule has 1 amide bonds. The van der Waals surface area contributed by atoms with E-state index < -0.39 is 17.7 Å². The van der Waals surface area contributed by atoms with Gasteiger partial charge in [-0.1, -0.05) is 72.8 Å². The minimum Gasteiger partial charge on any atom is -0.507 e. The van der Waals surface area contributed by atoms with Crippen molar-refractivity contribution in [2.24, 2.45) is 0 Å². The van der Waals surface area contributed by atoms with Crippen LogP contribution in [0.1, 0.15) is 40.8 Å². The van der Waals surface area contributed by atoms with Gasteiger partial charge in [-0.25, -0.2) is 0 Å². The third-order valence-electron chi connectivity index (χ3n) is 7.64. The van der Waals surface area contributed by atoms with E-state index in [0.717, 1.165) is 34.4 Å². The van der Waals surface area contributed by atoms with Gasteiger partial charge in [0.15, 0.2) is 0 Å². The maximum absolute atomic E-state index is 13.5. The molecule has 2 unspecified atom stereocenters. The quantitative estimate of drug-likeness (QED) is 0.161. The molecule has 6 nitrogen and oxygen atoms in total. The highest BCUT2D eigenvalue weighted by atomic mass is 16.5. The first kappa shape index (κ1) is 26.4. The van der Waals surface area contributed by atoms with Gasteiger partial charge in [0.05, 0.1) is 11.6 Å². The summed E-state index contributed by atoms with van der Waals surface area (Å²) in [6, 6.07) is 31.8. The average Bonchev–Trinajstić information content (AvgIpc) is 3.50. The lowest BCUT2D eigenvalue weighted by molar-refractivity contribution is -0.139. The zero-order valence-corrected chi connectivity index (χ0v) is 22.8. The van der Waals surface area contributed by atoms with Crippen molar-refractivity contribution in [2.45, 2.75) is 38.5 Å². The molecule has 2 aliphatic heterocycles. The van der Waals surface area contributed by atoms with E-state index in [2.05, 4.69) is 0 Å². The fourth-order valence-electron chi connectivity index (χ4n) is 5.56. The number of Topliss-reactive ketones (excluding diaryl/α,β-unsaturated/α-hetero) is 1. The van der Waals surface area contributed by atoms with Crippen LogP contribution >= 0.6 is 0 Å². The van der Waals surface area contributed by atoms with Crippen LogP contribution in [0.2, 0.25) is 0 Å². The highest BCUT2D eigenvalue weighted by molar-refractivity contribution is 6.46. The molecular formula is C35H31NO5. The summed E-state index contributed by atoms with van der Waals surface area (Å²) >= 11 is 0. The van der Waals surface area contributed by atoms with E-state index in [9.17, 15) is 14.7 Å². The molecule has 0 bridgehead atoms. The molecule has 2 atom stereocenters. The van der Waals surface area contributed by atoms with E-state index >= 15 is 0 Å². The summed E-state index contributed by atoms with van der Waals surface area (Å²) in [5.41, 5.74) is 4.40. The van der Waals surface area contributed by atoms with Gasteiger partial charge in [0.25, 0.3) is 11.7 Å². The van der Waals surface area contributed by atoms with Crippen molar-refractivity contribution in [3.63, 3.8) is 0 Å². The summed E-state index contributed by atoms with van der Waals surface area (Å²) in [5, 5.41) is 11.5. The first-order valence-electron chi connectivity index (χ1n) is 13.9. The number of ketones is 1. The van der Waals surface area contributed by atoms with Gasteiger partial charge >= 0.3 is 0 Å². The number of aliphatic hydroxyl groups excluding tert-OH is 1. The normalized spacial score (nSPS) is 19.2. The lowest BCUT2D eigenvalue weighted by atomic mass is 9.94. The first-order chi connectivity index (χ1) is 20.0. The summed E-state index contributed by atoms with van der Waals surface area (Å²) in [7, 11) is 0. The SMILES string of the molecule is CC1Cc2cc(/C(O)=C3\C(=O)C(=O)N(CCc4ccccc4)C3c3ccc(OCc4ccccc4)cc3)ccc2O1. The van der Waals surface area contributed by atoms with Crippen LogP contribution in [0.15, 0.2) is 109 Å². The Kier molecular flexibility index (Phi) is 7.30. The van der Waals surface area contributed by atoms with E-state index in [4.69, 9.17) is 9.47 Å². The molecule has 0 spiro atoms. The standard InChI is InChI=1S/C35H31NO5/c1-23-20-28-21-27(14-17-30(28)41-23)33(37)31-32(36(35(39)34(31)38)19-18-24-8-4-2-5-9-24)26-12-15-29(16-13-26)40-22-25-10-6-3-7-11-25/h2-17,21,23,32,37H,18-20,22H2,1H3/b33-31+. The topological polar surface area (TPSA) is 76.1 Å². The van der Waals surface area contributed by atoms with E-state index in [1.165, 1.54) is 0 Å². The van der Waals surface area contributed by atoms with Crippen LogP contribution in [-0.4, -0.2) is 34.3 Å². The van der Waals surface area contributed by atoms with Crippen LogP contribution in [0.5, 0.6) is 11.5 Å². The van der Waals surface area contributed by atoms with Crippen molar-refractivity contribution in [1.82, 2.24) is 4.90 Å². The Morgan fingerprint density at radius 1 is 0.902 bits per heavy atom. The zero-order chi connectivity index (χ0) is 28.3. The molecule has 0 aromatic heterocycles. The van der Waals surface area contributed by atoms with Gasteiger partial charge in [-0.05, 0) is 65.9 Å². The molecule has 4 aromatic rings. The van der Waals surface area contributed by atoms with Crippen molar-refractivity contribution < 1.29 is 24.2 Å². The number of fused-ring (bicyclic) bond motifs is 1. The minimum absolute atomic E-state index is 0.0496. The second-order valence-corrected chi connectivity index (χ2v) is 10.5. The largest absolute Gasteiger partial charge is 0.507 e. The number of likely N-dealkylation sites (tertiary alicyclic amines) is 1. The average molecular weight is 546 g/mol. The van der Waals surface area contributed by atoms with Crippen molar-refractivity contribution in [2.75, 3.05) is 6.54 Å². The Balaban J connectivity index is 1.34. The van der Waals surface area contributed by atoms with Crippen molar-refractivity contribution in [1.29, 1.82) is 0 Å². The Morgan fingerprint density at radius 3 is 2.29 bits per heavy atom. The minimum atomic E-state index is -0.731. The molecule has 0 radical (unpaired) electrons. The number of amides is 1. The van der Waals surface area contributed by atoms with Crippen LogP contribution in [-0.2, 0) is 29.0 Å². The van der Waals surface area contributed by atoms with Crippen molar-refractivity contribution in [3.05, 3.63) is 137 Å². The van der Waals surface area contributed by atoms with Crippen LogP contribution < -0.4 is 9.47 Å². The van der Waals surface area contributed by atoms with Crippen molar-refractivity contribution in [3.8, 4) is 11.5 Å². The molecule has 0 saturated carbocycles. The number of hydrogen-bond donors (Lipinski definition) is 1. The van der Waals surface area contributed by atoms with Crippen LogP contribution in [0.3, 0.4) is 0 Å². The summed E-state index contributed by atoms with van der Waals surface area (Å²) in [6.45, 7) is 2.75. The van der Waals surface area contributed by atoms with Gasteiger partial charge in [-0.15, -0.1) is 0 Å². The van der Waals surface area contributed by atoms with Gasteiger partial charge in [0, 0.05) is 18.5 Å². The summed E-state index contributed by atoms with van der Waals surface area (Å²) in [4.78, 5) is 28.4. The Labute approximate surface area is 239 Å². The number of carbonyl (C=O) groups is 2. The number of aliphatic hydroxyl groups is 1. The smallest absolute Gasteiger partial charge is 0.295 e. The number of nitrogens with zero attached hydrogens (tertiary/aromatic N) is 1. The monoisotopic (exact) mass is 545 g/mol. The molecule has 2 aliphatic rings. The molecule has 1 fully saturated rings. The summed E-state index contributed by atoms with van der Waals surface area (Å²) < 4.78 is 11.8. The predicted octanol–water partition coefficient (Wildman–Crippen LogP) is 6.25. The van der Waals surface area contributed by atoms with E-state index in [-0.39, 0.29) is 17.4 Å². The molecular weight excluding hydrogens is 514 g/mol. The highest BCUT2D eigenvalue weighted by Crippen LogP contribution is 2.41.